The van der Waals surface area contributed by atoms with Gasteiger partial charge in [-0.05, 0) is 18.5 Å². The normalized spacial score (nSPS) is 11.3. The minimum Gasteiger partial charge on any atom is -0.444 e. The van der Waals surface area contributed by atoms with E-state index in [4.69, 9.17) is 4.74 Å². The lowest BCUT2D eigenvalue weighted by Gasteiger charge is -2.17. The van der Waals surface area contributed by atoms with Gasteiger partial charge in [-0.2, -0.15) is 4.37 Å². The number of ether oxygens (including phenoxy) is 1. The molecule has 2 aromatic rings. The highest BCUT2D eigenvalue weighted by Gasteiger charge is 2.29. The van der Waals surface area contributed by atoms with Crippen molar-refractivity contribution in [1.29, 1.82) is 0 Å². The molecule has 2 rings (SSSR count). The van der Waals surface area contributed by atoms with E-state index >= 15 is 0 Å². The quantitative estimate of drug-likeness (QED) is 0.700. The smallest absolute Gasteiger partial charge is 0.344 e. The maximum Gasteiger partial charge on any atom is 0.344 e. The molecule has 0 aliphatic carbocycles. The highest BCUT2D eigenvalue weighted by Crippen LogP contribution is 2.27. The number of aryl methyl sites for hydroxylation is 1. The van der Waals surface area contributed by atoms with Crippen molar-refractivity contribution in [3.8, 4) is 0 Å². The van der Waals surface area contributed by atoms with Gasteiger partial charge < -0.3 is 15.4 Å². The Morgan fingerprint density at radius 2 is 1.84 bits per heavy atom. The molecule has 0 aliphatic rings. The monoisotopic (exact) mass is 362 g/mol. The topological polar surface area (TPSA) is 109 Å². The minimum atomic E-state index is -1.27. The number of carbonyl (C=O) groups is 3. The van der Waals surface area contributed by atoms with Gasteiger partial charge in [-0.3, -0.25) is 10.1 Å². The van der Waals surface area contributed by atoms with Crippen molar-refractivity contribution in [1.82, 2.24) is 15.0 Å². The van der Waals surface area contributed by atoms with E-state index in [1.807, 2.05) is 0 Å². The summed E-state index contributed by atoms with van der Waals surface area (Å²) in [6.07, 6.45) is -1.27. The fourth-order valence-corrected chi connectivity index (χ4v) is 2.82. The van der Waals surface area contributed by atoms with Crippen molar-refractivity contribution in [3.63, 3.8) is 0 Å². The fourth-order valence-electron chi connectivity index (χ4n) is 2.09. The van der Waals surface area contributed by atoms with Crippen LogP contribution in [-0.4, -0.2) is 36.4 Å². The van der Waals surface area contributed by atoms with Crippen molar-refractivity contribution < 1.29 is 19.1 Å². The average Bonchev–Trinajstić information content (AvgIpc) is 3.00. The first-order valence-electron chi connectivity index (χ1n) is 7.40. The number of amides is 3. The summed E-state index contributed by atoms with van der Waals surface area (Å²) in [5, 5.41) is 7.82. The van der Waals surface area contributed by atoms with Gasteiger partial charge in [0.2, 0.25) is 6.10 Å². The van der Waals surface area contributed by atoms with Crippen LogP contribution in [0.3, 0.4) is 0 Å². The zero-order valence-corrected chi connectivity index (χ0v) is 14.8. The van der Waals surface area contributed by atoms with E-state index in [-0.39, 0.29) is 5.56 Å². The van der Waals surface area contributed by atoms with E-state index in [1.165, 1.54) is 7.05 Å². The first-order valence-corrected chi connectivity index (χ1v) is 8.17. The van der Waals surface area contributed by atoms with Gasteiger partial charge in [0.05, 0.1) is 5.69 Å². The third-order valence-electron chi connectivity index (χ3n) is 3.32. The number of esters is 1. The van der Waals surface area contributed by atoms with E-state index < -0.39 is 24.0 Å². The van der Waals surface area contributed by atoms with Crippen LogP contribution in [0.1, 0.15) is 27.7 Å². The van der Waals surface area contributed by atoms with Crippen molar-refractivity contribution >= 4 is 34.4 Å². The Morgan fingerprint density at radius 1 is 1.16 bits per heavy atom. The Balaban J connectivity index is 2.30. The van der Waals surface area contributed by atoms with Crippen LogP contribution in [0.25, 0.3) is 0 Å². The van der Waals surface area contributed by atoms with Gasteiger partial charge in [-0.1, -0.05) is 30.3 Å². The molecule has 0 spiro atoms. The van der Waals surface area contributed by atoms with E-state index in [2.05, 4.69) is 20.3 Å². The lowest BCUT2D eigenvalue weighted by atomic mass is 10.1. The van der Waals surface area contributed by atoms with Gasteiger partial charge in [-0.15, -0.1) is 0 Å². The lowest BCUT2D eigenvalue weighted by Crippen LogP contribution is -2.41. The molecule has 1 aromatic carbocycles. The summed E-state index contributed by atoms with van der Waals surface area (Å²) in [7, 11) is 3.04. The second kappa shape index (κ2) is 8.25. The van der Waals surface area contributed by atoms with Crippen molar-refractivity contribution in [2.24, 2.45) is 0 Å². The number of carbonyl (C=O) groups excluding carboxylic acids is 3. The maximum absolute atomic E-state index is 12.6. The van der Waals surface area contributed by atoms with Crippen molar-refractivity contribution in [3.05, 3.63) is 47.2 Å². The number of nitrogens with zero attached hydrogens (tertiary/aromatic N) is 1. The summed E-state index contributed by atoms with van der Waals surface area (Å²) in [6.45, 7) is 1.68. The molecule has 1 unspecified atom stereocenters. The van der Waals surface area contributed by atoms with E-state index in [0.717, 1.165) is 11.5 Å². The predicted octanol–water partition coefficient (Wildman–Crippen LogP) is 1.85. The van der Waals surface area contributed by atoms with Crippen molar-refractivity contribution in [2.75, 3.05) is 19.4 Å². The standard InChI is InChI=1S/C16H18N4O4S/c1-9-11(14(17-2)25-20-9)15(22)24-12(10-7-5-4-6-8-10)13(21)19-16(23)18-3/h4-8,12,17H,1-3H3,(H2,18,19,21,23). The first-order chi connectivity index (χ1) is 12.0. The number of aromatic nitrogens is 1. The number of nitrogens with one attached hydrogen (secondary N) is 3. The van der Waals surface area contributed by atoms with Crippen LogP contribution in [0.2, 0.25) is 0 Å². The highest BCUT2D eigenvalue weighted by atomic mass is 32.1. The summed E-state index contributed by atoms with van der Waals surface area (Å²) in [5.41, 5.74) is 1.21. The summed E-state index contributed by atoms with van der Waals surface area (Å²) in [4.78, 5) is 36.4. The van der Waals surface area contributed by atoms with Gasteiger partial charge in [0.1, 0.15) is 10.6 Å². The number of hydrogen-bond donors (Lipinski definition) is 3. The molecule has 132 valence electrons. The van der Waals surface area contributed by atoms with Crippen LogP contribution in [0.4, 0.5) is 9.80 Å². The van der Waals surface area contributed by atoms with Crippen LogP contribution in [0, 0.1) is 6.92 Å². The van der Waals surface area contributed by atoms with Crippen LogP contribution >= 0.6 is 11.5 Å². The number of anilines is 1. The SMILES string of the molecule is CNC(=O)NC(=O)C(OC(=O)c1c(C)nsc1NC)c1ccccc1. The lowest BCUT2D eigenvalue weighted by molar-refractivity contribution is -0.129. The number of rotatable bonds is 5. The average molecular weight is 362 g/mol. The Morgan fingerprint density at radius 3 is 2.44 bits per heavy atom. The summed E-state index contributed by atoms with van der Waals surface area (Å²) in [6, 6.07) is 7.77. The van der Waals surface area contributed by atoms with Gasteiger partial charge in [0.25, 0.3) is 5.91 Å². The Labute approximate surface area is 148 Å². The molecule has 1 heterocycles. The van der Waals surface area contributed by atoms with Gasteiger partial charge >= 0.3 is 12.0 Å². The second-order valence-corrected chi connectivity index (χ2v) is 5.76. The van der Waals surface area contributed by atoms with Crippen LogP contribution < -0.4 is 16.0 Å². The fraction of sp³-hybridized carbons (Fsp3) is 0.250. The summed E-state index contributed by atoms with van der Waals surface area (Å²) < 4.78 is 9.52. The summed E-state index contributed by atoms with van der Waals surface area (Å²) >= 11 is 1.12. The maximum atomic E-state index is 12.6. The Hall–Kier alpha value is -2.94. The molecule has 0 saturated heterocycles. The van der Waals surface area contributed by atoms with Gasteiger partial charge in [0, 0.05) is 19.7 Å². The third-order valence-corrected chi connectivity index (χ3v) is 4.28. The second-order valence-electron chi connectivity index (χ2n) is 4.99. The van der Waals surface area contributed by atoms with Crippen molar-refractivity contribution in [2.45, 2.75) is 13.0 Å². The molecule has 25 heavy (non-hydrogen) atoms. The molecule has 0 bridgehead atoms. The molecular formula is C16H18N4O4S. The Bertz CT molecular complexity index is 776. The molecule has 1 atom stereocenters. The van der Waals surface area contributed by atoms with E-state index in [0.29, 0.717) is 16.3 Å². The third kappa shape index (κ3) is 4.32. The number of urea groups is 1. The molecule has 0 aliphatic heterocycles. The van der Waals surface area contributed by atoms with Crippen LogP contribution in [0.5, 0.6) is 0 Å². The highest BCUT2D eigenvalue weighted by molar-refractivity contribution is 7.10. The van der Waals surface area contributed by atoms with Crippen LogP contribution in [-0.2, 0) is 9.53 Å². The number of hydrogen-bond acceptors (Lipinski definition) is 7. The van der Waals surface area contributed by atoms with E-state index in [9.17, 15) is 14.4 Å². The molecule has 0 radical (unpaired) electrons. The molecule has 3 N–H and O–H groups in total. The zero-order chi connectivity index (χ0) is 18.4. The number of imide groups is 1. The Kier molecular flexibility index (Phi) is 6.07. The molecule has 0 saturated carbocycles. The minimum absolute atomic E-state index is 0.265. The molecule has 8 nitrogen and oxygen atoms in total. The largest absolute Gasteiger partial charge is 0.444 e. The molecular weight excluding hydrogens is 344 g/mol. The zero-order valence-electron chi connectivity index (χ0n) is 14.0. The number of benzene rings is 1. The van der Waals surface area contributed by atoms with Gasteiger partial charge in [0.15, 0.2) is 0 Å². The summed E-state index contributed by atoms with van der Waals surface area (Å²) in [5.74, 6) is -1.44. The molecule has 9 heteroatoms. The van der Waals surface area contributed by atoms with Crippen LogP contribution in [0.15, 0.2) is 30.3 Å². The van der Waals surface area contributed by atoms with Gasteiger partial charge in [-0.25, -0.2) is 9.59 Å². The molecule has 0 fully saturated rings. The predicted molar refractivity (Wildman–Crippen MR) is 93.6 cm³/mol. The molecule has 3 amide bonds. The first kappa shape index (κ1) is 18.4. The van der Waals surface area contributed by atoms with E-state index in [1.54, 1.807) is 44.3 Å². The molecule has 1 aromatic heterocycles.